The van der Waals surface area contributed by atoms with Crippen LogP contribution in [0.5, 0.6) is 0 Å². The van der Waals surface area contributed by atoms with Crippen molar-refractivity contribution in [1.29, 1.82) is 0 Å². The molecule has 0 fully saturated rings. The first-order valence-electron chi connectivity index (χ1n) is 14.0. The Hall–Kier alpha value is -2.45. The van der Waals surface area contributed by atoms with Gasteiger partial charge in [0.05, 0.1) is 34.4 Å². The highest BCUT2D eigenvalue weighted by atomic mass is 16.6. The summed E-state index contributed by atoms with van der Waals surface area (Å²) >= 11 is 0. The van der Waals surface area contributed by atoms with Gasteiger partial charge < -0.3 is 23.8 Å². The predicted octanol–water partition coefficient (Wildman–Crippen LogP) is 5.62. The summed E-state index contributed by atoms with van der Waals surface area (Å²) in [6.07, 6.45) is 22.3. The van der Waals surface area contributed by atoms with E-state index in [1.807, 2.05) is 21.1 Å². The maximum Gasteiger partial charge on any atom is 0.362 e. The Labute approximate surface area is 230 Å². The zero-order valence-corrected chi connectivity index (χ0v) is 24.4. The van der Waals surface area contributed by atoms with Crippen molar-refractivity contribution in [3.63, 3.8) is 0 Å². The largest absolute Gasteiger partial charge is 0.477 e. The summed E-state index contributed by atoms with van der Waals surface area (Å²) in [4.78, 5) is 34.9. The second-order valence-electron chi connectivity index (χ2n) is 10.3. The van der Waals surface area contributed by atoms with Crippen LogP contribution in [0.2, 0.25) is 0 Å². The zero-order chi connectivity index (χ0) is 28.7. The molecule has 2 unspecified atom stereocenters. The van der Waals surface area contributed by atoms with Gasteiger partial charge in [0, 0.05) is 19.8 Å². The standard InChI is InChI=1S/C30H51NO7/c1-6-7-8-9-10-11-12-13-14-15-16-17-18-19-20-21-29(33)38-27(25-37-26(2)32)24-36-23-22-28(30(34)35)31(3,4)5/h7-8,10-11,13-14,27-28H,6,9,12,15-25H2,1-5H3/p+1/b8-7-,11-10-,14-13-. The molecule has 0 bridgehead atoms. The molecule has 0 radical (unpaired) electrons. The molecule has 0 aromatic carbocycles. The molecule has 0 amide bonds. The fraction of sp³-hybridized carbons (Fsp3) is 0.700. The van der Waals surface area contributed by atoms with Crippen molar-refractivity contribution >= 4 is 17.9 Å². The quantitative estimate of drug-likeness (QED) is 0.0780. The van der Waals surface area contributed by atoms with E-state index >= 15 is 0 Å². The van der Waals surface area contributed by atoms with Gasteiger partial charge in [-0.1, -0.05) is 62.6 Å². The van der Waals surface area contributed by atoms with Crippen molar-refractivity contribution in [2.45, 2.75) is 96.6 Å². The zero-order valence-electron chi connectivity index (χ0n) is 24.4. The Morgan fingerprint density at radius 1 is 0.842 bits per heavy atom. The number of aliphatic carboxylic acids is 1. The molecule has 8 nitrogen and oxygen atoms in total. The molecule has 0 saturated heterocycles. The van der Waals surface area contributed by atoms with Gasteiger partial charge in [0.25, 0.3) is 0 Å². The monoisotopic (exact) mass is 538 g/mol. The number of rotatable bonds is 23. The number of ether oxygens (including phenoxy) is 3. The van der Waals surface area contributed by atoms with E-state index in [-0.39, 0.29) is 30.3 Å². The molecule has 1 N–H and O–H groups in total. The summed E-state index contributed by atoms with van der Waals surface area (Å²) < 4.78 is 16.3. The highest BCUT2D eigenvalue weighted by molar-refractivity contribution is 5.72. The van der Waals surface area contributed by atoms with Crippen molar-refractivity contribution in [3.8, 4) is 0 Å². The number of carbonyl (C=O) groups excluding carboxylic acids is 2. The number of carboxylic acid groups (broad SMARTS) is 1. The van der Waals surface area contributed by atoms with Crippen LogP contribution in [0, 0.1) is 0 Å². The van der Waals surface area contributed by atoms with Crippen LogP contribution in [0.15, 0.2) is 36.5 Å². The van der Waals surface area contributed by atoms with Gasteiger partial charge in [0.2, 0.25) is 0 Å². The van der Waals surface area contributed by atoms with Gasteiger partial charge in [-0.05, 0) is 38.5 Å². The molecule has 0 rings (SSSR count). The molecule has 0 aromatic heterocycles. The second kappa shape index (κ2) is 22.5. The normalized spacial score (nSPS) is 13.8. The molecule has 0 aromatic rings. The molecule has 0 aliphatic rings. The van der Waals surface area contributed by atoms with Crippen LogP contribution in [0.1, 0.15) is 84.5 Å². The maximum atomic E-state index is 12.3. The molecular formula is C30H52NO7+. The Kier molecular flexibility index (Phi) is 21.1. The van der Waals surface area contributed by atoms with Gasteiger partial charge >= 0.3 is 17.9 Å². The van der Waals surface area contributed by atoms with Crippen LogP contribution in [0.25, 0.3) is 0 Å². The first-order chi connectivity index (χ1) is 18.1. The van der Waals surface area contributed by atoms with E-state index in [4.69, 9.17) is 14.2 Å². The molecule has 0 heterocycles. The number of unbranched alkanes of at least 4 members (excludes halogenated alkanes) is 5. The average molecular weight is 539 g/mol. The van der Waals surface area contributed by atoms with Gasteiger partial charge in [-0.3, -0.25) is 9.59 Å². The van der Waals surface area contributed by atoms with Crippen LogP contribution in [0.3, 0.4) is 0 Å². The molecule has 0 saturated carbocycles. The van der Waals surface area contributed by atoms with Crippen molar-refractivity contribution in [3.05, 3.63) is 36.5 Å². The van der Waals surface area contributed by atoms with E-state index in [9.17, 15) is 19.5 Å². The minimum absolute atomic E-state index is 0.0434. The fourth-order valence-corrected chi connectivity index (χ4v) is 3.71. The van der Waals surface area contributed by atoms with Crippen LogP contribution < -0.4 is 0 Å². The van der Waals surface area contributed by atoms with Crippen molar-refractivity contribution in [1.82, 2.24) is 0 Å². The first kappa shape index (κ1) is 35.5. The van der Waals surface area contributed by atoms with E-state index in [0.717, 1.165) is 57.8 Å². The van der Waals surface area contributed by atoms with Crippen LogP contribution in [-0.2, 0) is 28.6 Å². The number of likely N-dealkylation sites (N-methyl/N-ethyl adjacent to an activating group) is 1. The lowest BCUT2D eigenvalue weighted by Gasteiger charge is -2.31. The van der Waals surface area contributed by atoms with Crippen molar-refractivity contribution in [2.24, 2.45) is 0 Å². The topological polar surface area (TPSA) is 99.1 Å². The number of carboxylic acids is 1. The summed E-state index contributed by atoms with van der Waals surface area (Å²) in [6.45, 7) is 3.58. The van der Waals surface area contributed by atoms with Crippen molar-refractivity contribution < 1.29 is 38.2 Å². The molecule has 0 aliphatic carbocycles. The fourth-order valence-electron chi connectivity index (χ4n) is 3.71. The van der Waals surface area contributed by atoms with Gasteiger partial charge in [-0.2, -0.15) is 0 Å². The Balaban J connectivity index is 4.11. The minimum Gasteiger partial charge on any atom is -0.477 e. The van der Waals surface area contributed by atoms with E-state index in [2.05, 4.69) is 43.4 Å². The first-order valence-corrected chi connectivity index (χ1v) is 14.0. The second-order valence-corrected chi connectivity index (χ2v) is 10.3. The van der Waals surface area contributed by atoms with E-state index < -0.39 is 24.1 Å². The summed E-state index contributed by atoms with van der Waals surface area (Å²) in [5.74, 6) is -1.70. The Morgan fingerprint density at radius 2 is 1.45 bits per heavy atom. The molecule has 8 heteroatoms. The number of hydrogen-bond acceptors (Lipinski definition) is 6. The third-order valence-corrected chi connectivity index (χ3v) is 5.86. The lowest BCUT2D eigenvalue weighted by Crippen LogP contribution is -2.50. The smallest absolute Gasteiger partial charge is 0.362 e. The van der Waals surface area contributed by atoms with Gasteiger partial charge in [-0.15, -0.1) is 0 Å². The Bertz CT molecular complexity index is 737. The molecular weight excluding hydrogens is 486 g/mol. The summed E-state index contributed by atoms with van der Waals surface area (Å²) in [7, 11) is 5.44. The molecule has 38 heavy (non-hydrogen) atoms. The number of quaternary nitrogens is 1. The Morgan fingerprint density at radius 3 is 2.05 bits per heavy atom. The van der Waals surface area contributed by atoms with Gasteiger partial charge in [0.1, 0.15) is 6.61 Å². The van der Waals surface area contributed by atoms with Crippen LogP contribution in [-0.4, -0.2) is 80.6 Å². The molecule has 218 valence electrons. The maximum absolute atomic E-state index is 12.3. The van der Waals surface area contributed by atoms with Crippen LogP contribution in [0.4, 0.5) is 0 Å². The van der Waals surface area contributed by atoms with E-state index in [1.54, 1.807) is 0 Å². The average Bonchev–Trinajstić information content (AvgIpc) is 2.83. The number of esters is 2. The van der Waals surface area contributed by atoms with Gasteiger partial charge in [-0.25, -0.2) is 4.79 Å². The predicted molar refractivity (Wildman–Crippen MR) is 151 cm³/mol. The van der Waals surface area contributed by atoms with Crippen molar-refractivity contribution in [2.75, 3.05) is 41.0 Å². The SMILES string of the molecule is CC/C=C\C/C=C\C/C=C\CCCCCCCC(=O)OC(COCCC(C(=O)O)[N+](C)(C)C)COC(C)=O. The number of hydrogen-bond donors (Lipinski definition) is 1. The lowest BCUT2D eigenvalue weighted by molar-refractivity contribution is -0.887. The molecule has 0 spiro atoms. The third kappa shape index (κ3) is 21.6. The summed E-state index contributed by atoms with van der Waals surface area (Å²) in [6, 6.07) is -0.611. The highest BCUT2D eigenvalue weighted by Crippen LogP contribution is 2.11. The van der Waals surface area contributed by atoms with E-state index in [1.165, 1.54) is 6.92 Å². The summed E-state index contributed by atoms with van der Waals surface area (Å²) in [5.41, 5.74) is 0. The lowest BCUT2D eigenvalue weighted by atomic mass is 10.1. The highest BCUT2D eigenvalue weighted by Gasteiger charge is 2.31. The number of nitrogens with zero attached hydrogens (tertiary/aromatic N) is 1. The third-order valence-electron chi connectivity index (χ3n) is 5.86. The minimum atomic E-state index is -0.889. The van der Waals surface area contributed by atoms with Gasteiger partial charge in [0.15, 0.2) is 12.1 Å². The molecule has 0 aliphatic heterocycles. The summed E-state index contributed by atoms with van der Waals surface area (Å²) in [5, 5.41) is 9.41. The number of carbonyl (C=O) groups is 3. The molecule has 2 atom stereocenters. The number of allylic oxidation sites excluding steroid dienone is 6. The van der Waals surface area contributed by atoms with Crippen LogP contribution >= 0.6 is 0 Å². The van der Waals surface area contributed by atoms with E-state index in [0.29, 0.717) is 12.8 Å².